The molecule has 2 saturated heterocycles. The first-order valence-corrected chi connectivity index (χ1v) is 8.25. The number of amides is 3. The molecule has 11 heteroatoms. The van der Waals surface area contributed by atoms with Crippen molar-refractivity contribution >= 4 is 17.9 Å². The molecular weight excluding hydrogens is 353 g/mol. The number of nitrogens with one attached hydrogen (secondary N) is 2. The van der Waals surface area contributed by atoms with Gasteiger partial charge >= 0.3 is 12.2 Å². The van der Waals surface area contributed by atoms with Crippen LogP contribution in [0.15, 0.2) is 6.07 Å². The van der Waals surface area contributed by atoms with Gasteiger partial charge < -0.3 is 20.4 Å². The van der Waals surface area contributed by atoms with Crippen molar-refractivity contribution in [2.75, 3.05) is 37.6 Å². The number of alkyl halides is 3. The van der Waals surface area contributed by atoms with Crippen molar-refractivity contribution in [3.63, 3.8) is 0 Å². The van der Waals surface area contributed by atoms with E-state index in [4.69, 9.17) is 0 Å². The zero-order valence-corrected chi connectivity index (χ0v) is 14.1. The Morgan fingerprint density at radius 3 is 2.54 bits per heavy atom. The highest BCUT2D eigenvalue weighted by Gasteiger charge is 2.34. The second kappa shape index (κ2) is 6.96. The summed E-state index contributed by atoms with van der Waals surface area (Å²) in [5, 5.41) is 5.31. The summed E-state index contributed by atoms with van der Waals surface area (Å²) < 4.78 is 38.7. The lowest BCUT2D eigenvalue weighted by Crippen LogP contribution is -2.54. The van der Waals surface area contributed by atoms with E-state index in [0.29, 0.717) is 39.1 Å². The number of anilines is 1. The van der Waals surface area contributed by atoms with Crippen LogP contribution in [0.1, 0.15) is 17.8 Å². The Labute approximate surface area is 147 Å². The summed E-state index contributed by atoms with van der Waals surface area (Å²) in [6.07, 6.45) is -3.99. The number of hydrogen-bond donors (Lipinski definition) is 2. The van der Waals surface area contributed by atoms with Crippen LogP contribution in [0.4, 0.5) is 23.9 Å². The number of aromatic nitrogens is 2. The molecule has 3 rings (SSSR count). The minimum absolute atomic E-state index is 0.00699. The number of nitrogens with zero attached hydrogens (tertiary/aromatic N) is 4. The standard InChI is InChI=1S/C15H19F3N6O2/c1-9-8-11(15(16,17)18)22-13(20-9)23-4-6-24(7-5-23)14(26)21-10-2-3-19-12(10)25/h8,10H,2-7H2,1H3,(H,19,25)(H,21,26)/t10-/m1/s1. The fraction of sp³-hybridized carbons (Fsp3) is 0.600. The van der Waals surface area contributed by atoms with E-state index in [1.807, 2.05) is 0 Å². The maximum absolute atomic E-state index is 12.9. The third kappa shape index (κ3) is 3.97. The van der Waals surface area contributed by atoms with Gasteiger partial charge in [0.05, 0.1) is 0 Å². The molecule has 1 atom stereocenters. The largest absolute Gasteiger partial charge is 0.433 e. The van der Waals surface area contributed by atoms with Crippen LogP contribution in [0.5, 0.6) is 0 Å². The van der Waals surface area contributed by atoms with Gasteiger partial charge in [-0.05, 0) is 19.4 Å². The minimum atomic E-state index is -4.54. The van der Waals surface area contributed by atoms with Gasteiger partial charge in [-0.3, -0.25) is 4.79 Å². The molecule has 3 amide bonds. The van der Waals surface area contributed by atoms with Crippen molar-refractivity contribution in [1.29, 1.82) is 0 Å². The molecule has 2 fully saturated rings. The molecule has 0 saturated carbocycles. The molecule has 0 aromatic carbocycles. The SMILES string of the molecule is Cc1cc(C(F)(F)F)nc(N2CCN(C(=O)N[C@@H]3CCNC3=O)CC2)n1. The highest BCUT2D eigenvalue weighted by molar-refractivity contribution is 5.88. The monoisotopic (exact) mass is 372 g/mol. The van der Waals surface area contributed by atoms with Gasteiger partial charge in [0.1, 0.15) is 11.7 Å². The molecule has 2 aliphatic heterocycles. The summed E-state index contributed by atoms with van der Waals surface area (Å²) in [5.74, 6) is -0.197. The quantitative estimate of drug-likeness (QED) is 0.790. The molecule has 8 nitrogen and oxygen atoms in total. The van der Waals surface area contributed by atoms with Crippen molar-refractivity contribution < 1.29 is 22.8 Å². The highest BCUT2D eigenvalue weighted by atomic mass is 19.4. The van der Waals surface area contributed by atoms with Gasteiger partial charge in [0.15, 0.2) is 0 Å². The minimum Gasteiger partial charge on any atom is -0.354 e. The van der Waals surface area contributed by atoms with Crippen molar-refractivity contribution in [2.24, 2.45) is 0 Å². The van der Waals surface area contributed by atoms with Gasteiger partial charge in [0.25, 0.3) is 0 Å². The van der Waals surface area contributed by atoms with Crippen LogP contribution in [0.25, 0.3) is 0 Å². The first-order chi connectivity index (χ1) is 12.2. The van der Waals surface area contributed by atoms with Gasteiger partial charge in [-0.1, -0.05) is 0 Å². The van der Waals surface area contributed by atoms with E-state index < -0.39 is 17.9 Å². The Morgan fingerprint density at radius 2 is 1.96 bits per heavy atom. The second-order valence-electron chi connectivity index (χ2n) is 6.25. The van der Waals surface area contributed by atoms with Crippen LogP contribution in [-0.2, 0) is 11.0 Å². The van der Waals surface area contributed by atoms with Crippen LogP contribution >= 0.6 is 0 Å². The topological polar surface area (TPSA) is 90.5 Å². The molecule has 142 valence electrons. The van der Waals surface area contributed by atoms with Crippen LogP contribution in [0, 0.1) is 6.92 Å². The first kappa shape index (κ1) is 18.2. The molecule has 0 unspecified atom stereocenters. The van der Waals surface area contributed by atoms with E-state index >= 15 is 0 Å². The van der Waals surface area contributed by atoms with E-state index in [9.17, 15) is 22.8 Å². The third-order valence-electron chi connectivity index (χ3n) is 4.33. The molecule has 1 aromatic heterocycles. The average Bonchev–Trinajstić information content (AvgIpc) is 2.98. The fourth-order valence-electron chi connectivity index (χ4n) is 2.92. The Kier molecular flexibility index (Phi) is 4.88. The van der Waals surface area contributed by atoms with Gasteiger partial charge in [0, 0.05) is 38.4 Å². The van der Waals surface area contributed by atoms with Gasteiger partial charge in [-0.2, -0.15) is 13.2 Å². The average molecular weight is 372 g/mol. The van der Waals surface area contributed by atoms with E-state index in [2.05, 4.69) is 20.6 Å². The predicted octanol–water partition coefficient (Wildman–Crippen LogP) is 0.524. The number of carbonyl (C=O) groups excluding carboxylic acids is 2. The maximum atomic E-state index is 12.9. The normalized spacial score (nSPS) is 20.9. The molecular formula is C15H19F3N6O2. The summed E-state index contributed by atoms with van der Waals surface area (Å²) in [6, 6.07) is 0.0163. The van der Waals surface area contributed by atoms with Crippen molar-refractivity contribution in [3.05, 3.63) is 17.5 Å². The lowest BCUT2D eigenvalue weighted by Gasteiger charge is -2.35. The molecule has 0 aliphatic carbocycles. The number of urea groups is 1. The molecule has 2 N–H and O–H groups in total. The summed E-state index contributed by atoms with van der Waals surface area (Å²) >= 11 is 0. The second-order valence-corrected chi connectivity index (χ2v) is 6.25. The molecule has 0 spiro atoms. The van der Waals surface area contributed by atoms with Gasteiger partial charge in [-0.15, -0.1) is 0 Å². The molecule has 3 heterocycles. The van der Waals surface area contributed by atoms with E-state index in [1.54, 1.807) is 4.90 Å². The zero-order valence-electron chi connectivity index (χ0n) is 14.1. The van der Waals surface area contributed by atoms with Crippen LogP contribution in [0.3, 0.4) is 0 Å². The van der Waals surface area contributed by atoms with E-state index in [-0.39, 0.29) is 23.6 Å². The lowest BCUT2D eigenvalue weighted by atomic mass is 10.2. The van der Waals surface area contributed by atoms with Crippen LogP contribution in [-0.4, -0.2) is 65.6 Å². The van der Waals surface area contributed by atoms with Crippen LogP contribution < -0.4 is 15.5 Å². The maximum Gasteiger partial charge on any atom is 0.433 e. The molecule has 0 radical (unpaired) electrons. The molecule has 0 bridgehead atoms. The summed E-state index contributed by atoms with van der Waals surface area (Å²) in [5.41, 5.74) is -0.748. The Bertz CT molecular complexity index is 703. The van der Waals surface area contributed by atoms with Crippen molar-refractivity contribution in [1.82, 2.24) is 25.5 Å². The first-order valence-electron chi connectivity index (χ1n) is 8.25. The van der Waals surface area contributed by atoms with Crippen molar-refractivity contribution in [2.45, 2.75) is 25.6 Å². The highest BCUT2D eigenvalue weighted by Crippen LogP contribution is 2.29. The van der Waals surface area contributed by atoms with Gasteiger partial charge in [0.2, 0.25) is 11.9 Å². The molecule has 1 aromatic rings. The summed E-state index contributed by atoms with van der Waals surface area (Å²) in [7, 11) is 0. The number of rotatable bonds is 2. The smallest absolute Gasteiger partial charge is 0.354 e. The third-order valence-corrected chi connectivity index (χ3v) is 4.33. The van der Waals surface area contributed by atoms with Crippen molar-refractivity contribution in [3.8, 4) is 0 Å². The van der Waals surface area contributed by atoms with E-state index in [1.165, 1.54) is 11.8 Å². The summed E-state index contributed by atoms with van der Waals surface area (Å²) in [6.45, 7) is 3.24. The van der Waals surface area contributed by atoms with Crippen LogP contribution in [0.2, 0.25) is 0 Å². The van der Waals surface area contributed by atoms with Gasteiger partial charge in [-0.25, -0.2) is 14.8 Å². The Morgan fingerprint density at radius 1 is 1.27 bits per heavy atom. The molecule has 2 aliphatic rings. The number of carbonyl (C=O) groups is 2. The number of aryl methyl sites for hydroxylation is 1. The van der Waals surface area contributed by atoms with E-state index in [0.717, 1.165) is 6.07 Å². The lowest BCUT2D eigenvalue weighted by molar-refractivity contribution is -0.141. The number of halogens is 3. The summed E-state index contributed by atoms with van der Waals surface area (Å²) in [4.78, 5) is 34.6. The predicted molar refractivity (Wildman–Crippen MR) is 85.5 cm³/mol. The number of piperazine rings is 1. The fourth-order valence-corrected chi connectivity index (χ4v) is 2.92. The number of hydrogen-bond acceptors (Lipinski definition) is 5. The zero-order chi connectivity index (χ0) is 18.9. The molecule has 26 heavy (non-hydrogen) atoms. The Balaban J connectivity index is 1.61. The Hall–Kier alpha value is -2.59.